The number of rotatable bonds is 5. The maximum atomic E-state index is 11.9. The predicted molar refractivity (Wildman–Crippen MR) is 58.0 cm³/mol. The van der Waals surface area contributed by atoms with Crippen LogP contribution in [-0.4, -0.2) is 34.1 Å². The first-order valence-corrected chi connectivity index (χ1v) is 5.27. The molecule has 0 spiro atoms. The van der Waals surface area contributed by atoms with Crippen LogP contribution in [0.25, 0.3) is 0 Å². The van der Waals surface area contributed by atoms with Crippen LogP contribution in [-0.2, 0) is 0 Å². The van der Waals surface area contributed by atoms with Crippen molar-refractivity contribution in [1.29, 1.82) is 0 Å². The fourth-order valence-electron chi connectivity index (χ4n) is 1.18. The van der Waals surface area contributed by atoms with Crippen molar-refractivity contribution in [2.24, 2.45) is 5.92 Å². The molecule has 1 aromatic heterocycles. The Kier molecular flexibility index (Phi) is 4.71. The van der Waals surface area contributed by atoms with E-state index in [9.17, 15) is 13.2 Å². The second kappa shape index (κ2) is 5.85. The minimum atomic E-state index is -4.78. The highest BCUT2D eigenvalue weighted by molar-refractivity contribution is 5.33. The van der Waals surface area contributed by atoms with Crippen molar-refractivity contribution in [3.8, 4) is 5.88 Å². The zero-order valence-electron chi connectivity index (χ0n) is 9.90. The SMILES string of the molecule is CC(C)C(CO)Nc1cnc(OC(F)(F)F)cn1. The quantitative estimate of drug-likeness (QED) is 0.849. The maximum absolute atomic E-state index is 11.9. The van der Waals surface area contributed by atoms with E-state index in [1.807, 2.05) is 13.8 Å². The summed E-state index contributed by atoms with van der Waals surface area (Å²) in [7, 11) is 0. The Morgan fingerprint density at radius 3 is 2.39 bits per heavy atom. The molecule has 0 aliphatic rings. The number of hydrogen-bond acceptors (Lipinski definition) is 5. The summed E-state index contributed by atoms with van der Waals surface area (Å²) in [5.41, 5.74) is 0. The molecule has 0 aromatic carbocycles. The van der Waals surface area contributed by atoms with Crippen LogP contribution in [0.15, 0.2) is 12.4 Å². The largest absolute Gasteiger partial charge is 0.574 e. The van der Waals surface area contributed by atoms with Gasteiger partial charge in [0.25, 0.3) is 0 Å². The second-order valence-electron chi connectivity index (χ2n) is 3.97. The van der Waals surface area contributed by atoms with E-state index in [2.05, 4.69) is 20.0 Å². The molecule has 8 heteroatoms. The van der Waals surface area contributed by atoms with E-state index >= 15 is 0 Å². The number of anilines is 1. The first-order valence-electron chi connectivity index (χ1n) is 5.27. The molecule has 102 valence electrons. The summed E-state index contributed by atoms with van der Waals surface area (Å²) in [4.78, 5) is 7.19. The van der Waals surface area contributed by atoms with Crippen molar-refractivity contribution >= 4 is 5.82 Å². The molecule has 2 N–H and O–H groups in total. The molecule has 0 amide bonds. The van der Waals surface area contributed by atoms with Crippen LogP contribution in [0.2, 0.25) is 0 Å². The fourth-order valence-corrected chi connectivity index (χ4v) is 1.18. The molecule has 0 saturated carbocycles. The van der Waals surface area contributed by atoms with E-state index in [1.165, 1.54) is 0 Å². The lowest BCUT2D eigenvalue weighted by Gasteiger charge is -2.20. The Morgan fingerprint density at radius 2 is 2.00 bits per heavy atom. The number of alkyl halides is 3. The van der Waals surface area contributed by atoms with Gasteiger partial charge >= 0.3 is 6.36 Å². The van der Waals surface area contributed by atoms with Crippen LogP contribution < -0.4 is 10.1 Å². The number of aliphatic hydroxyl groups excluding tert-OH is 1. The summed E-state index contributed by atoms with van der Waals surface area (Å²) in [6, 6.07) is -0.242. The first kappa shape index (κ1) is 14.5. The van der Waals surface area contributed by atoms with Gasteiger partial charge in [-0.25, -0.2) is 9.97 Å². The molecule has 0 saturated heterocycles. The molecule has 0 bridgehead atoms. The third kappa shape index (κ3) is 4.74. The number of hydrogen-bond donors (Lipinski definition) is 2. The summed E-state index contributed by atoms with van der Waals surface area (Å²) in [6.07, 6.45) is -2.80. The number of halogens is 3. The van der Waals surface area contributed by atoms with E-state index in [4.69, 9.17) is 5.11 Å². The zero-order chi connectivity index (χ0) is 13.8. The van der Waals surface area contributed by atoms with Gasteiger partial charge < -0.3 is 15.2 Å². The Labute approximate surface area is 102 Å². The van der Waals surface area contributed by atoms with E-state index in [1.54, 1.807) is 0 Å². The summed E-state index contributed by atoms with van der Waals surface area (Å²) in [5.74, 6) is -0.210. The van der Waals surface area contributed by atoms with Gasteiger partial charge in [-0.05, 0) is 5.92 Å². The van der Waals surface area contributed by atoms with Gasteiger partial charge in [0.15, 0.2) is 0 Å². The van der Waals surface area contributed by atoms with Crippen molar-refractivity contribution in [2.75, 3.05) is 11.9 Å². The number of aliphatic hydroxyl groups is 1. The number of aromatic nitrogens is 2. The van der Waals surface area contributed by atoms with Gasteiger partial charge in [-0.2, -0.15) is 0 Å². The molecule has 0 fully saturated rings. The molecule has 0 aliphatic heterocycles. The Hall–Kier alpha value is -1.57. The molecule has 0 radical (unpaired) electrons. The van der Waals surface area contributed by atoms with Gasteiger partial charge in [0.2, 0.25) is 5.88 Å². The molecule has 1 atom stereocenters. The number of nitrogens with one attached hydrogen (secondary N) is 1. The molecule has 5 nitrogen and oxygen atoms in total. The summed E-state index contributed by atoms with van der Waals surface area (Å²) in [5, 5.41) is 11.9. The van der Waals surface area contributed by atoms with Gasteiger partial charge in [-0.1, -0.05) is 13.8 Å². The lowest BCUT2D eigenvalue weighted by Crippen LogP contribution is -2.29. The van der Waals surface area contributed by atoms with Gasteiger partial charge in [-0.3, -0.25) is 0 Å². The highest BCUT2D eigenvalue weighted by atomic mass is 19.4. The minimum absolute atomic E-state index is 0.111. The zero-order valence-corrected chi connectivity index (χ0v) is 9.90. The average Bonchev–Trinajstić information content (AvgIpc) is 2.25. The van der Waals surface area contributed by atoms with Crippen molar-refractivity contribution in [2.45, 2.75) is 26.3 Å². The maximum Gasteiger partial charge on any atom is 0.574 e. The molecular formula is C10H14F3N3O2. The Morgan fingerprint density at radius 1 is 1.33 bits per heavy atom. The van der Waals surface area contributed by atoms with E-state index in [0.29, 0.717) is 0 Å². The lowest BCUT2D eigenvalue weighted by atomic mass is 10.1. The Bertz CT molecular complexity index is 368. The molecule has 18 heavy (non-hydrogen) atoms. The third-order valence-corrected chi connectivity index (χ3v) is 2.18. The average molecular weight is 265 g/mol. The molecule has 1 heterocycles. The second-order valence-corrected chi connectivity index (χ2v) is 3.97. The van der Waals surface area contributed by atoms with E-state index < -0.39 is 12.2 Å². The summed E-state index contributed by atoms with van der Waals surface area (Å²) < 4.78 is 39.2. The predicted octanol–water partition coefficient (Wildman–Crippen LogP) is 1.80. The van der Waals surface area contributed by atoms with Crippen LogP contribution in [0.4, 0.5) is 19.0 Å². The van der Waals surface area contributed by atoms with E-state index in [0.717, 1.165) is 12.4 Å². The van der Waals surface area contributed by atoms with Crippen molar-refractivity contribution in [3.63, 3.8) is 0 Å². The first-order chi connectivity index (χ1) is 8.31. The lowest BCUT2D eigenvalue weighted by molar-refractivity contribution is -0.276. The van der Waals surface area contributed by atoms with Crippen LogP contribution in [0, 0.1) is 5.92 Å². The van der Waals surface area contributed by atoms with Crippen molar-refractivity contribution < 1.29 is 23.0 Å². The van der Waals surface area contributed by atoms with Crippen LogP contribution in [0.5, 0.6) is 5.88 Å². The van der Waals surface area contributed by atoms with E-state index in [-0.39, 0.29) is 24.4 Å². The third-order valence-electron chi connectivity index (χ3n) is 2.18. The highest BCUT2D eigenvalue weighted by Crippen LogP contribution is 2.20. The number of nitrogens with zero attached hydrogens (tertiary/aromatic N) is 2. The van der Waals surface area contributed by atoms with Crippen LogP contribution in [0.1, 0.15) is 13.8 Å². The fraction of sp³-hybridized carbons (Fsp3) is 0.600. The Balaban J connectivity index is 2.65. The molecular weight excluding hydrogens is 251 g/mol. The standard InChI is InChI=1S/C10H14F3N3O2/c1-6(2)7(5-17)16-8-3-15-9(4-14-8)18-10(11,12)13/h3-4,6-7,17H,5H2,1-2H3,(H,14,16). The number of ether oxygens (including phenoxy) is 1. The van der Waals surface area contributed by atoms with Gasteiger partial charge in [0, 0.05) is 0 Å². The molecule has 1 aromatic rings. The normalized spacial score (nSPS) is 13.5. The van der Waals surface area contributed by atoms with Gasteiger partial charge in [0.1, 0.15) is 5.82 Å². The molecule has 0 aliphatic carbocycles. The van der Waals surface area contributed by atoms with Crippen LogP contribution >= 0.6 is 0 Å². The van der Waals surface area contributed by atoms with Crippen molar-refractivity contribution in [3.05, 3.63) is 12.4 Å². The van der Waals surface area contributed by atoms with Crippen LogP contribution in [0.3, 0.4) is 0 Å². The smallest absolute Gasteiger partial charge is 0.394 e. The monoisotopic (exact) mass is 265 g/mol. The highest BCUT2D eigenvalue weighted by Gasteiger charge is 2.31. The molecule has 1 rings (SSSR count). The van der Waals surface area contributed by atoms with Gasteiger partial charge in [-0.15, -0.1) is 13.2 Å². The molecule has 1 unspecified atom stereocenters. The minimum Gasteiger partial charge on any atom is -0.394 e. The summed E-state index contributed by atoms with van der Waals surface area (Å²) >= 11 is 0. The van der Waals surface area contributed by atoms with Crippen molar-refractivity contribution in [1.82, 2.24) is 9.97 Å². The topological polar surface area (TPSA) is 67.3 Å². The summed E-state index contributed by atoms with van der Waals surface area (Å²) in [6.45, 7) is 3.67. The van der Waals surface area contributed by atoms with Gasteiger partial charge in [0.05, 0.1) is 25.0 Å².